The van der Waals surface area contributed by atoms with Crippen LogP contribution < -0.4 is 10.6 Å². The zero-order valence-corrected chi connectivity index (χ0v) is 14.0. The molecule has 2 N–H and O–H groups in total. The predicted octanol–water partition coefficient (Wildman–Crippen LogP) is 3.41. The number of hydrogen-bond acceptors (Lipinski definition) is 2. The SMILES string of the molecule is CCc1ccc(NC(=O)[C@H](C)NC(=O)/C=C/c2ccccc2)cc1. The van der Waals surface area contributed by atoms with Crippen LogP contribution in [0.2, 0.25) is 0 Å². The smallest absolute Gasteiger partial charge is 0.246 e. The summed E-state index contributed by atoms with van der Waals surface area (Å²) in [7, 11) is 0. The Hall–Kier alpha value is -2.88. The molecule has 2 amide bonds. The van der Waals surface area contributed by atoms with Crippen molar-refractivity contribution in [2.24, 2.45) is 0 Å². The van der Waals surface area contributed by atoms with E-state index in [1.807, 2.05) is 54.6 Å². The molecule has 2 aromatic carbocycles. The normalized spacial score (nSPS) is 11.9. The molecule has 0 heterocycles. The van der Waals surface area contributed by atoms with Gasteiger partial charge in [0.25, 0.3) is 0 Å². The van der Waals surface area contributed by atoms with Crippen molar-refractivity contribution in [2.75, 3.05) is 5.32 Å². The Labute approximate surface area is 142 Å². The van der Waals surface area contributed by atoms with E-state index in [0.29, 0.717) is 0 Å². The molecule has 4 heteroatoms. The number of anilines is 1. The van der Waals surface area contributed by atoms with Crippen LogP contribution >= 0.6 is 0 Å². The molecule has 1 atom stereocenters. The Kier molecular flexibility index (Phi) is 6.32. The van der Waals surface area contributed by atoms with Crippen molar-refractivity contribution in [2.45, 2.75) is 26.3 Å². The summed E-state index contributed by atoms with van der Waals surface area (Å²) in [5, 5.41) is 5.45. The molecule has 0 fully saturated rings. The molecular weight excluding hydrogens is 300 g/mol. The highest BCUT2D eigenvalue weighted by Crippen LogP contribution is 2.10. The van der Waals surface area contributed by atoms with Crippen molar-refractivity contribution in [3.8, 4) is 0 Å². The number of amides is 2. The molecule has 0 radical (unpaired) electrons. The van der Waals surface area contributed by atoms with Crippen LogP contribution in [-0.4, -0.2) is 17.9 Å². The molecule has 0 bridgehead atoms. The molecule has 4 nitrogen and oxygen atoms in total. The zero-order chi connectivity index (χ0) is 17.4. The topological polar surface area (TPSA) is 58.2 Å². The van der Waals surface area contributed by atoms with Crippen LogP contribution in [0.1, 0.15) is 25.0 Å². The van der Waals surface area contributed by atoms with Gasteiger partial charge in [-0.2, -0.15) is 0 Å². The summed E-state index contributed by atoms with van der Waals surface area (Å²) in [4.78, 5) is 24.0. The van der Waals surface area contributed by atoms with Crippen molar-refractivity contribution < 1.29 is 9.59 Å². The molecule has 0 unspecified atom stereocenters. The largest absolute Gasteiger partial charge is 0.341 e. The fourth-order valence-electron chi connectivity index (χ4n) is 2.14. The molecule has 0 saturated heterocycles. The van der Waals surface area contributed by atoms with E-state index in [0.717, 1.165) is 17.7 Å². The summed E-state index contributed by atoms with van der Waals surface area (Å²) in [6.07, 6.45) is 4.09. The van der Waals surface area contributed by atoms with Crippen molar-refractivity contribution in [1.82, 2.24) is 5.32 Å². The molecule has 0 spiro atoms. The summed E-state index contributed by atoms with van der Waals surface area (Å²) < 4.78 is 0. The van der Waals surface area contributed by atoms with Gasteiger partial charge in [0.1, 0.15) is 6.04 Å². The maximum Gasteiger partial charge on any atom is 0.246 e. The van der Waals surface area contributed by atoms with E-state index in [9.17, 15) is 9.59 Å². The molecule has 2 rings (SSSR count). The van der Waals surface area contributed by atoms with E-state index in [-0.39, 0.29) is 11.8 Å². The maximum absolute atomic E-state index is 12.1. The number of rotatable bonds is 6. The van der Waals surface area contributed by atoms with Gasteiger partial charge in [-0.15, -0.1) is 0 Å². The number of nitrogens with one attached hydrogen (secondary N) is 2. The fourth-order valence-corrected chi connectivity index (χ4v) is 2.14. The van der Waals surface area contributed by atoms with E-state index < -0.39 is 6.04 Å². The molecule has 24 heavy (non-hydrogen) atoms. The first-order chi connectivity index (χ1) is 11.6. The lowest BCUT2D eigenvalue weighted by molar-refractivity contribution is -0.123. The molecule has 0 aromatic heterocycles. The molecule has 0 aliphatic heterocycles. The number of benzene rings is 2. The van der Waals surface area contributed by atoms with Gasteiger partial charge in [-0.3, -0.25) is 9.59 Å². The second-order valence-electron chi connectivity index (χ2n) is 5.51. The Morgan fingerprint density at radius 3 is 2.33 bits per heavy atom. The predicted molar refractivity (Wildman–Crippen MR) is 97.5 cm³/mol. The van der Waals surface area contributed by atoms with E-state index in [1.165, 1.54) is 11.6 Å². The summed E-state index contributed by atoms with van der Waals surface area (Å²) in [6, 6.07) is 16.6. The highest BCUT2D eigenvalue weighted by Gasteiger charge is 2.14. The quantitative estimate of drug-likeness (QED) is 0.801. The van der Waals surface area contributed by atoms with Gasteiger partial charge in [-0.25, -0.2) is 0 Å². The molecule has 0 aliphatic carbocycles. The molecule has 2 aromatic rings. The first kappa shape index (κ1) is 17.5. The molecule has 0 aliphatic rings. The average Bonchev–Trinajstić information content (AvgIpc) is 2.61. The van der Waals surface area contributed by atoms with Crippen molar-refractivity contribution in [3.63, 3.8) is 0 Å². The highest BCUT2D eigenvalue weighted by molar-refractivity contribution is 5.99. The monoisotopic (exact) mass is 322 g/mol. The van der Waals surface area contributed by atoms with Crippen LogP contribution in [0.5, 0.6) is 0 Å². The minimum absolute atomic E-state index is 0.249. The minimum Gasteiger partial charge on any atom is -0.341 e. The standard InChI is InChI=1S/C20H22N2O2/c1-3-16-9-12-18(13-10-16)22-20(24)15(2)21-19(23)14-11-17-7-5-4-6-8-17/h4-15H,3H2,1-2H3,(H,21,23)(H,22,24)/b14-11+/t15-/m0/s1. The number of carbonyl (C=O) groups is 2. The number of carbonyl (C=O) groups excluding carboxylic acids is 2. The Bertz CT molecular complexity index is 706. The van der Waals surface area contributed by atoms with Gasteiger partial charge in [-0.1, -0.05) is 49.4 Å². The van der Waals surface area contributed by atoms with Crippen molar-refractivity contribution >= 4 is 23.6 Å². The van der Waals surface area contributed by atoms with Crippen LogP contribution in [0.3, 0.4) is 0 Å². The van der Waals surface area contributed by atoms with Gasteiger partial charge in [0.05, 0.1) is 0 Å². The Morgan fingerprint density at radius 1 is 1.04 bits per heavy atom. The third-order valence-electron chi connectivity index (χ3n) is 3.61. The second kappa shape index (κ2) is 8.67. The summed E-state index contributed by atoms with van der Waals surface area (Å²) in [5.41, 5.74) is 2.86. The first-order valence-corrected chi connectivity index (χ1v) is 8.02. The summed E-state index contributed by atoms with van der Waals surface area (Å²) in [6.45, 7) is 3.73. The zero-order valence-electron chi connectivity index (χ0n) is 14.0. The molecular formula is C20H22N2O2. The fraction of sp³-hybridized carbons (Fsp3) is 0.200. The summed E-state index contributed by atoms with van der Waals surface area (Å²) >= 11 is 0. The third kappa shape index (κ3) is 5.39. The van der Waals surface area contributed by atoms with Crippen LogP contribution in [-0.2, 0) is 16.0 Å². The van der Waals surface area contributed by atoms with Gasteiger partial charge < -0.3 is 10.6 Å². The van der Waals surface area contributed by atoms with Gasteiger partial charge in [0.2, 0.25) is 11.8 Å². The van der Waals surface area contributed by atoms with E-state index in [2.05, 4.69) is 17.6 Å². The second-order valence-corrected chi connectivity index (χ2v) is 5.51. The van der Waals surface area contributed by atoms with Gasteiger partial charge in [0, 0.05) is 11.8 Å². The third-order valence-corrected chi connectivity index (χ3v) is 3.61. The van der Waals surface area contributed by atoms with Gasteiger partial charge in [-0.05, 0) is 42.7 Å². The van der Waals surface area contributed by atoms with E-state index in [1.54, 1.807) is 13.0 Å². The Balaban J connectivity index is 1.86. The van der Waals surface area contributed by atoms with Crippen molar-refractivity contribution in [1.29, 1.82) is 0 Å². The highest BCUT2D eigenvalue weighted by atomic mass is 16.2. The van der Waals surface area contributed by atoms with Crippen LogP contribution in [0, 0.1) is 0 Å². The number of hydrogen-bond donors (Lipinski definition) is 2. The lowest BCUT2D eigenvalue weighted by Crippen LogP contribution is -2.40. The Morgan fingerprint density at radius 2 is 1.71 bits per heavy atom. The van der Waals surface area contributed by atoms with E-state index in [4.69, 9.17) is 0 Å². The van der Waals surface area contributed by atoms with E-state index >= 15 is 0 Å². The lowest BCUT2D eigenvalue weighted by atomic mass is 10.1. The summed E-state index contributed by atoms with van der Waals surface area (Å²) in [5.74, 6) is -0.552. The molecule has 0 saturated carbocycles. The lowest BCUT2D eigenvalue weighted by Gasteiger charge is -2.13. The minimum atomic E-state index is -0.622. The first-order valence-electron chi connectivity index (χ1n) is 8.02. The average molecular weight is 322 g/mol. The van der Waals surface area contributed by atoms with Gasteiger partial charge in [0.15, 0.2) is 0 Å². The van der Waals surface area contributed by atoms with Gasteiger partial charge >= 0.3 is 0 Å². The van der Waals surface area contributed by atoms with Crippen LogP contribution in [0.15, 0.2) is 60.7 Å². The van der Waals surface area contributed by atoms with Crippen molar-refractivity contribution in [3.05, 3.63) is 71.8 Å². The van der Waals surface area contributed by atoms with Crippen LogP contribution in [0.25, 0.3) is 6.08 Å². The molecule has 124 valence electrons. The van der Waals surface area contributed by atoms with Crippen LogP contribution in [0.4, 0.5) is 5.69 Å². The number of aryl methyl sites for hydroxylation is 1. The maximum atomic E-state index is 12.1.